The van der Waals surface area contributed by atoms with E-state index >= 15 is 0 Å². The van der Waals surface area contributed by atoms with Crippen LogP contribution in [-0.4, -0.2) is 31.6 Å². The molecular formula is C18H29N3O2. The summed E-state index contributed by atoms with van der Waals surface area (Å²) in [4.78, 5) is 15.5. The number of guanidine groups is 1. The maximum absolute atomic E-state index is 11.2. The summed E-state index contributed by atoms with van der Waals surface area (Å²) in [5.41, 5.74) is 7.12. The number of hydrogen-bond acceptors (Lipinski definition) is 3. The Morgan fingerprint density at radius 3 is 2.65 bits per heavy atom. The second-order valence-corrected chi connectivity index (χ2v) is 5.40. The van der Waals surface area contributed by atoms with Crippen molar-refractivity contribution in [1.82, 2.24) is 5.32 Å². The van der Waals surface area contributed by atoms with Crippen LogP contribution < -0.4 is 11.1 Å². The minimum absolute atomic E-state index is 0.0996. The van der Waals surface area contributed by atoms with Gasteiger partial charge in [0.1, 0.15) is 0 Å². The van der Waals surface area contributed by atoms with Crippen LogP contribution in [0.4, 0.5) is 0 Å². The highest BCUT2D eigenvalue weighted by Gasteiger charge is 2.00. The zero-order valence-electron chi connectivity index (χ0n) is 14.1. The largest absolute Gasteiger partial charge is 0.466 e. The summed E-state index contributed by atoms with van der Waals surface area (Å²) in [5, 5.41) is 3.13. The zero-order chi connectivity index (χ0) is 16.8. The molecule has 0 bridgehead atoms. The van der Waals surface area contributed by atoms with Crippen molar-refractivity contribution in [3.8, 4) is 0 Å². The summed E-state index contributed by atoms with van der Waals surface area (Å²) in [5.74, 6) is 0.407. The predicted molar refractivity (Wildman–Crippen MR) is 94.4 cm³/mol. The van der Waals surface area contributed by atoms with Gasteiger partial charge in [-0.1, -0.05) is 43.2 Å². The molecule has 0 fully saturated rings. The van der Waals surface area contributed by atoms with Gasteiger partial charge in [-0.2, -0.15) is 0 Å². The number of carbonyl (C=O) groups excluding carboxylic acids is 1. The number of carbonyl (C=O) groups is 1. The van der Waals surface area contributed by atoms with E-state index in [0.717, 1.165) is 45.2 Å². The van der Waals surface area contributed by atoms with Gasteiger partial charge < -0.3 is 15.8 Å². The second-order valence-electron chi connectivity index (χ2n) is 5.40. The monoisotopic (exact) mass is 319 g/mol. The smallest absolute Gasteiger partial charge is 0.305 e. The quantitative estimate of drug-likeness (QED) is 0.284. The number of unbranched alkanes of at least 4 members (excludes halogenated alkanes) is 3. The van der Waals surface area contributed by atoms with Gasteiger partial charge in [-0.3, -0.25) is 9.79 Å². The van der Waals surface area contributed by atoms with Crippen LogP contribution in [0, 0.1) is 0 Å². The fraction of sp³-hybridized carbons (Fsp3) is 0.556. The third kappa shape index (κ3) is 10.3. The van der Waals surface area contributed by atoms with Crippen LogP contribution in [0.2, 0.25) is 0 Å². The third-order valence-corrected chi connectivity index (χ3v) is 3.44. The Hall–Kier alpha value is -2.04. The molecule has 1 aromatic rings. The van der Waals surface area contributed by atoms with Crippen molar-refractivity contribution in [1.29, 1.82) is 0 Å². The standard InChI is InChI=1S/C18H29N3O2/c1-2-23-17(22)12-8-3-4-9-14-20-18(19)21-15-13-16-10-6-5-7-11-16/h5-7,10-11H,2-4,8-9,12-15H2,1H3,(H3,19,20,21). The lowest BCUT2D eigenvalue weighted by molar-refractivity contribution is -0.143. The Balaban J connectivity index is 1.98. The molecule has 128 valence electrons. The van der Waals surface area contributed by atoms with Gasteiger partial charge in [0, 0.05) is 19.5 Å². The Labute approximate surface area is 139 Å². The summed E-state index contributed by atoms with van der Waals surface area (Å²) < 4.78 is 4.88. The van der Waals surface area contributed by atoms with E-state index in [2.05, 4.69) is 22.4 Å². The summed E-state index contributed by atoms with van der Waals surface area (Å²) in [6.45, 7) is 3.81. The molecule has 0 saturated heterocycles. The van der Waals surface area contributed by atoms with E-state index in [4.69, 9.17) is 10.5 Å². The maximum Gasteiger partial charge on any atom is 0.305 e. The third-order valence-electron chi connectivity index (χ3n) is 3.44. The molecule has 5 heteroatoms. The summed E-state index contributed by atoms with van der Waals surface area (Å²) in [6.07, 6.45) is 5.40. The predicted octanol–water partition coefficient (Wildman–Crippen LogP) is 2.65. The molecule has 0 amide bonds. The highest BCUT2D eigenvalue weighted by Crippen LogP contribution is 2.04. The van der Waals surface area contributed by atoms with Crippen LogP contribution in [0.3, 0.4) is 0 Å². The van der Waals surface area contributed by atoms with Gasteiger partial charge in [0.15, 0.2) is 5.96 Å². The fourth-order valence-electron chi connectivity index (χ4n) is 2.20. The number of ether oxygens (including phenoxy) is 1. The summed E-state index contributed by atoms with van der Waals surface area (Å²) in [6, 6.07) is 10.3. The van der Waals surface area contributed by atoms with Crippen molar-refractivity contribution < 1.29 is 9.53 Å². The second kappa shape index (κ2) is 12.5. The van der Waals surface area contributed by atoms with E-state index in [-0.39, 0.29) is 5.97 Å². The Morgan fingerprint density at radius 2 is 1.91 bits per heavy atom. The lowest BCUT2D eigenvalue weighted by Crippen LogP contribution is -2.33. The summed E-state index contributed by atoms with van der Waals surface area (Å²) >= 11 is 0. The van der Waals surface area contributed by atoms with Crippen LogP contribution in [0.5, 0.6) is 0 Å². The molecule has 0 spiro atoms. The van der Waals surface area contributed by atoms with Crippen LogP contribution in [-0.2, 0) is 16.0 Å². The van der Waals surface area contributed by atoms with Gasteiger partial charge in [-0.25, -0.2) is 0 Å². The number of nitrogens with zero attached hydrogens (tertiary/aromatic N) is 1. The first kappa shape index (κ1) is 19.0. The van der Waals surface area contributed by atoms with E-state index < -0.39 is 0 Å². The molecule has 0 radical (unpaired) electrons. The Morgan fingerprint density at radius 1 is 1.17 bits per heavy atom. The van der Waals surface area contributed by atoms with Gasteiger partial charge in [0.25, 0.3) is 0 Å². The molecule has 0 aromatic heterocycles. The van der Waals surface area contributed by atoms with Crippen LogP contribution >= 0.6 is 0 Å². The van der Waals surface area contributed by atoms with E-state index in [1.165, 1.54) is 5.56 Å². The van der Waals surface area contributed by atoms with E-state index in [9.17, 15) is 4.79 Å². The normalized spacial score (nSPS) is 11.3. The van der Waals surface area contributed by atoms with Crippen molar-refractivity contribution in [3.05, 3.63) is 35.9 Å². The molecule has 0 aliphatic heterocycles. The molecule has 1 rings (SSSR count). The van der Waals surface area contributed by atoms with Crippen LogP contribution in [0.25, 0.3) is 0 Å². The molecule has 0 atom stereocenters. The number of rotatable bonds is 11. The highest BCUT2D eigenvalue weighted by molar-refractivity contribution is 5.77. The van der Waals surface area contributed by atoms with Crippen molar-refractivity contribution in [2.45, 2.75) is 45.4 Å². The van der Waals surface area contributed by atoms with Gasteiger partial charge in [-0.15, -0.1) is 0 Å². The molecule has 1 aromatic carbocycles. The van der Waals surface area contributed by atoms with Crippen LogP contribution in [0.15, 0.2) is 35.3 Å². The minimum Gasteiger partial charge on any atom is -0.466 e. The number of nitrogens with one attached hydrogen (secondary N) is 1. The van der Waals surface area contributed by atoms with Gasteiger partial charge in [0.2, 0.25) is 0 Å². The molecule has 0 saturated carbocycles. The first-order valence-corrected chi connectivity index (χ1v) is 8.45. The maximum atomic E-state index is 11.2. The molecule has 23 heavy (non-hydrogen) atoms. The zero-order valence-corrected chi connectivity index (χ0v) is 14.1. The van der Waals surface area contributed by atoms with E-state index in [1.54, 1.807) is 0 Å². The fourth-order valence-corrected chi connectivity index (χ4v) is 2.20. The van der Waals surface area contributed by atoms with Crippen molar-refractivity contribution in [2.24, 2.45) is 10.7 Å². The number of hydrogen-bond donors (Lipinski definition) is 2. The summed E-state index contributed by atoms with van der Waals surface area (Å²) in [7, 11) is 0. The van der Waals surface area contributed by atoms with Gasteiger partial charge in [0.05, 0.1) is 6.61 Å². The molecule has 0 heterocycles. The molecule has 3 N–H and O–H groups in total. The average Bonchev–Trinajstić information content (AvgIpc) is 2.55. The molecule has 5 nitrogen and oxygen atoms in total. The molecule has 0 aliphatic rings. The number of nitrogens with two attached hydrogens (primary N) is 1. The Bertz CT molecular complexity index is 461. The number of esters is 1. The van der Waals surface area contributed by atoms with Crippen molar-refractivity contribution in [2.75, 3.05) is 19.7 Å². The SMILES string of the molecule is CCOC(=O)CCCCCCN=C(N)NCCc1ccccc1. The van der Waals surface area contributed by atoms with Gasteiger partial charge >= 0.3 is 5.97 Å². The van der Waals surface area contributed by atoms with Gasteiger partial charge in [-0.05, 0) is 31.7 Å². The minimum atomic E-state index is -0.0996. The highest BCUT2D eigenvalue weighted by atomic mass is 16.5. The lowest BCUT2D eigenvalue weighted by Gasteiger charge is -2.06. The van der Waals surface area contributed by atoms with Crippen LogP contribution in [0.1, 0.15) is 44.6 Å². The lowest BCUT2D eigenvalue weighted by atomic mass is 10.1. The van der Waals surface area contributed by atoms with E-state index in [0.29, 0.717) is 19.0 Å². The first-order chi connectivity index (χ1) is 11.2. The Kier molecular flexibility index (Phi) is 10.3. The first-order valence-electron chi connectivity index (χ1n) is 8.45. The number of benzene rings is 1. The topological polar surface area (TPSA) is 76.7 Å². The number of aliphatic imine (C=N–C) groups is 1. The van der Waals surface area contributed by atoms with Crippen molar-refractivity contribution >= 4 is 11.9 Å². The molecule has 0 unspecified atom stereocenters. The van der Waals surface area contributed by atoms with Crippen molar-refractivity contribution in [3.63, 3.8) is 0 Å². The molecular weight excluding hydrogens is 290 g/mol. The average molecular weight is 319 g/mol. The van der Waals surface area contributed by atoms with E-state index in [1.807, 2.05) is 25.1 Å². The molecule has 0 aliphatic carbocycles.